The average Bonchev–Trinajstić information content (AvgIpc) is 2.38. The van der Waals surface area contributed by atoms with Crippen molar-refractivity contribution >= 4 is 0 Å². The molecule has 1 aliphatic carbocycles. The van der Waals surface area contributed by atoms with Crippen molar-refractivity contribution in [2.24, 2.45) is 0 Å². The Labute approximate surface area is 103 Å². The predicted octanol–water partition coefficient (Wildman–Crippen LogP) is 2.04. The highest BCUT2D eigenvalue weighted by Crippen LogP contribution is 2.32. The van der Waals surface area contributed by atoms with E-state index in [1.165, 1.54) is 30.4 Å². The lowest BCUT2D eigenvalue weighted by molar-refractivity contribution is 0.233. The smallest absolute Gasteiger partial charge is 0.119 e. The van der Waals surface area contributed by atoms with E-state index in [4.69, 9.17) is 9.84 Å². The zero-order valence-corrected chi connectivity index (χ0v) is 10.4. The number of hydrogen-bond donors (Lipinski definition) is 2. The van der Waals surface area contributed by atoms with E-state index in [1.807, 2.05) is 13.1 Å². The van der Waals surface area contributed by atoms with Crippen LogP contribution in [-0.2, 0) is 6.42 Å². The standard InChI is InChI=1S/C14H21NO2/c1-15-14-5-2-4-11-6-7-12(10-13(11)14)17-9-3-8-16/h6-7,10,14-16H,2-5,8-9H2,1H3. The molecular formula is C14H21NO2. The van der Waals surface area contributed by atoms with Crippen molar-refractivity contribution in [2.45, 2.75) is 31.7 Å². The second-order valence-corrected chi connectivity index (χ2v) is 4.52. The molecule has 0 radical (unpaired) electrons. The van der Waals surface area contributed by atoms with Crippen LogP contribution in [0, 0.1) is 0 Å². The van der Waals surface area contributed by atoms with E-state index in [9.17, 15) is 0 Å². The van der Waals surface area contributed by atoms with E-state index in [1.54, 1.807) is 0 Å². The zero-order valence-electron chi connectivity index (χ0n) is 10.4. The van der Waals surface area contributed by atoms with Crippen molar-refractivity contribution in [3.8, 4) is 5.75 Å². The topological polar surface area (TPSA) is 41.5 Å². The minimum atomic E-state index is 0.185. The summed E-state index contributed by atoms with van der Waals surface area (Å²) in [5.74, 6) is 0.916. The molecule has 3 nitrogen and oxygen atoms in total. The number of aryl methyl sites for hydroxylation is 1. The van der Waals surface area contributed by atoms with Gasteiger partial charge in [0.25, 0.3) is 0 Å². The lowest BCUT2D eigenvalue weighted by atomic mass is 9.87. The number of ether oxygens (including phenoxy) is 1. The molecular weight excluding hydrogens is 214 g/mol. The fraction of sp³-hybridized carbons (Fsp3) is 0.571. The average molecular weight is 235 g/mol. The van der Waals surface area contributed by atoms with Gasteiger partial charge in [0.05, 0.1) is 6.61 Å². The lowest BCUT2D eigenvalue weighted by Gasteiger charge is -2.25. The first-order chi connectivity index (χ1) is 8.35. The summed E-state index contributed by atoms with van der Waals surface area (Å²) in [7, 11) is 2.01. The number of nitrogens with one attached hydrogen (secondary N) is 1. The monoisotopic (exact) mass is 235 g/mol. The lowest BCUT2D eigenvalue weighted by Crippen LogP contribution is -2.21. The van der Waals surface area contributed by atoms with Gasteiger partial charge in [-0.15, -0.1) is 0 Å². The third-order valence-corrected chi connectivity index (χ3v) is 3.35. The first-order valence-corrected chi connectivity index (χ1v) is 6.39. The van der Waals surface area contributed by atoms with Gasteiger partial charge < -0.3 is 15.2 Å². The fourth-order valence-corrected chi connectivity index (χ4v) is 2.42. The number of aliphatic hydroxyl groups excluding tert-OH is 1. The quantitative estimate of drug-likeness (QED) is 0.767. The van der Waals surface area contributed by atoms with Crippen LogP contribution in [0.1, 0.15) is 36.4 Å². The Kier molecular flexibility index (Phi) is 4.40. The largest absolute Gasteiger partial charge is 0.493 e. The van der Waals surface area contributed by atoms with Gasteiger partial charge >= 0.3 is 0 Å². The first-order valence-electron chi connectivity index (χ1n) is 6.39. The minimum Gasteiger partial charge on any atom is -0.493 e. The summed E-state index contributed by atoms with van der Waals surface area (Å²) in [6.07, 6.45) is 4.31. The molecule has 94 valence electrons. The highest BCUT2D eigenvalue weighted by atomic mass is 16.5. The summed E-state index contributed by atoms with van der Waals surface area (Å²) in [5.41, 5.74) is 2.81. The maximum Gasteiger partial charge on any atom is 0.119 e. The Bertz CT molecular complexity index is 365. The summed E-state index contributed by atoms with van der Waals surface area (Å²) >= 11 is 0. The molecule has 0 saturated heterocycles. The van der Waals surface area contributed by atoms with Gasteiger partial charge in [-0.05, 0) is 49.6 Å². The predicted molar refractivity (Wildman–Crippen MR) is 68.4 cm³/mol. The summed E-state index contributed by atoms with van der Waals surface area (Å²) in [4.78, 5) is 0. The number of rotatable bonds is 5. The molecule has 1 aromatic carbocycles. The summed E-state index contributed by atoms with van der Waals surface area (Å²) in [6.45, 7) is 0.767. The van der Waals surface area contributed by atoms with Crippen LogP contribution in [0.5, 0.6) is 5.75 Å². The second kappa shape index (κ2) is 6.03. The van der Waals surface area contributed by atoms with E-state index in [-0.39, 0.29) is 6.61 Å². The Morgan fingerprint density at radius 3 is 3.12 bits per heavy atom. The number of aliphatic hydroxyl groups is 1. The first kappa shape index (κ1) is 12.4. The van der Waals surface area contributed by atoms with Gasteiger partial charge in [-0.2, -0.15) is 0 Å². The van der Waals surface area contributed by atoms with Crippen LogP contribution >= 0.6 is 0 Å². The molecule has 0 heterocycles. The highest BCUT2D eigenvalue weighted by molar-refractivity contribution is 5.39. The molecule has 0 fully saturated rings. The van der Waals surface area contributed by atoms with Crippen LogP contribution in [0.2, 0.25) is 0 Å². The zero-order chi connectivity index (χ0) is 12.1. The van der Waals surface area contributed by atoms with Gasteiger partial charge in [0.1, 0.15) is 5.75 Å². The van der Waals surface area contributed by atoms with Crippen molar-refractivity contribution in [2.75, 3.05) is 20.3 Å². The molecule has 17 heavy (non-hydrogen) atoms. The van der Waals surface area contributed by atoms with Crippen LogP contribution < -0.4 is 10.1 Å². The third kappa shape index (κ3) is 2.99. The number of hydrogen-bond acceptors (Lipinski definition) is 3. The van der Waals surface area contributed by atoms with Gasteiger partial charge in [0.15, 0.2) is 0 Å². The molecule has 0 saturated carbocycles. The molecule has 1 unspecified atom stereocenters. The third-order valence-electron chi connectivity index (χ3n) is 3.35. The molecule has 2 N–H and O–H groups in total. The maximum atomic E-state index is 8.73. The van der Waals surface area contributed by atoms with Crippen molar-refractivity contribution < 1.29 is 9.84 Å². The minimum absolute atomic E-state index is 0.185. The van der Waals surface area contributed by atoms with E-state index in [2.05, 4.69) is 17.4 Å². The van der Waals surface area contributed by atoms with Crippen LogP contribution in [0.25, 0.3) is 0 Å². The van der Waals surface area contributed by atoms with Gasteiger partial charge in [0.2, 0.25) is 0 Å². The van der Waals surface area contributed by atoms with Gasteiger partial charge in [-0.25, -0.2) is 0 Å². The molecule has 1 atom stereocenters. The summed E-state index contributed by atoms with van der Waals surface area (Å²) < 4.78 is 5.62. The molecule has 0 amide bonds. The molecule has 0 aromatic heterocycles. The van der Waals surface area contributed by atoms with Crippen LogP contribution in [0.15, 0.2) is 18.2 Å². The maximum absolute atomic E-state index is 8.73. The highest BCUT2D eigenvalue weighted by Gasteiger charge is 2.18. The summed E-state index contributed by atoms with van der Waals surface area (Å²) in [6, 6.07) is 6.81. The van der Waals surface area contributed by atoms with Gasteiger partial charge in [-0.1, -0.05) is 6.07 Å². The number of benzene rings is 1. The van der Waals surface area contributed by atoms with Crippen LogP contribution in [-0.4, -0.2) is 25.4 Å². The van der Waals surface area contributed by atoms with E-state index in [0.717, 1.165) is 5.75 Å². The van der Waals surface area contributed by atoms with Crippen LogP contribution in [0.3, 0.4) is 0 Å². The van der Waals surface area contributed by atoms with Crippen molar-refractivity contribution in [1.29, 1.82) is 0 Å². The van der Waals surface area contributed by atoms with Gasteiger partial charge in [-0.3, -0.25) is 0 Å². The van der Waals surface area contributed by atoms with Gasteiger partial charge in [0, 0.05) is 19.1 Å². The van der Waals surface area contributed by atoms with Crippen molar-refractivity contribution in [3.63, 3.8) is 0 Å². The Balaban J connectivity index is 2.10. The molecule has 0 aliphatic heterocycles. The van der Waals surface area contributed by atoms with E-state index in [0.29, 0.717) is 19.1 Å². The van der Waals surface area contributed by atoms with E-state index < -0.39 is 0 Å². The van der Waals surface area contributed by atoms with Crippen molar-refractivity contribution in [1.82, 2.24) is 5.32 Å². The Morgan fingerprint density at radius 2 is 2.35 bits per heavy atom. The number of fused-ring (bicyclic) bond motifs is 1. The SMILES string of the molecule is CNC1CCCc2ccc(OCCCO)cc21. The second-order valence-electron chi connectivity index (χ2n) is 4.52. The normalized spacial score (nSPS) is 18.8. The van der Waals surface area contributed by atoms with Crippen LogP contribution in [0.4, 0.5) is 0 Å². The summed E-state index contributed by atoms with van der Waals surface area (Å²) in [5, 5.41) is 12.1. The van der Waals surface area contributed by atoms with E-state index >= 15 is 0 Å². The molecule has 0 spiro atoms. The Hall–Kier alpha value is -1.06. The fourth-order valence-electron chi connectivity index (χ4n) is 2.42. The van der Waals surface area contributed by atoms with Crippen molar-refractivity contribution in [3.05, 3.63) is 29.3 Å². The molecule has 1 aromatic rings. The molecule has 1 aliphatic rings. The molecule has 3 heteroatoms. The Morgan fingerprint density at radius 1 is 1.47 bits per heavy atom. The molecule has 2 rings (SSSR count). The molecule has 0 bridgehead atoms.